The van der Waals surface area contributed by atoms with E-state index in [1.807, 2.05) is 24.3 Å². The Kier molecular flexibility index (Phi) is 7.76. The summed E-state index contributed by atoms with van der Waals surface area (Å²) in [6, 6.07) is 64.4. The van der Waals surface area contributed by atoms with Crippen molar-refractivity contribution in [1.82, 2.24) is 0 Å². The van der Waals surface area contributed by atoms with Crippen molar-refractivity contribution in [3.8, 4) is 44.5 Å². The first kappa shape index (κ1) is 33.9. The van der Waals surface area contributed by atoms with Crippen molar-refractivity contribution in [3.05, 3.63) is 194 Å². The van der Waals surface area contributed by atoms with E-state index in [1.54, 1.807) is 12.1 Å². The summed E-state index contributed by atoms with van der Waals surface area (Å²) in [5, 5.41) is 11.7. The van der Waals surface area contributed by atoms with Crippen LogP contribution in [0.4, 0.5) is 13.2 Å². The molecule has 0 aliphatic carbocycles. The fourth-order valence-electron chi connectivity index (χ4n) is 9.02. The standard InChI is InChI=1S/C53H31F3Se/c54-53(55,56)36-26-22-33(23-27-36)50-40-16-6-8-18-42(40)51(43-19-9-7-17-41(43)50)34-25-29-47-46(30-34)37-28-24-35(31-48(37)57-47)52-44-20-10-4-14-38(44)49(32-12-2-1-3-13-32)39-15-5-11-21-45(39)52/h1-31H. The summed E-state index contributed by atoms with van der Waals surface area (Å²) in [6.07, 6.45) is -4.39. The SMILES string of the molecule is FC(F)(F)c1ccc(-c2c3ccccc3c(-c3ccc4[se]c5cc(-c6c7ccccc7c(-c7ccccc7)c7ccccc67)ccc5c4c3)c3ccccc23)cc1. The number of hydrogen-bond acceptors (Lipinski definition) is 0. The van der Waals surface area contributed by atoms with Gasteiger partial charge < -0.3 is 0 Å². The van der Waals surface area contributed by atoms with E-state index in [2.05, 4.69) is 140 Å². The quantitative estimate of drug-likeness (QED) is 0.123. The van der Waals surface area contributed by atoms with Gasteiger partial charge in [0.2, 0.25) is 0 Å². The summed E-state index contributed by atoms with van der Waals surface area (Å²) in [5.74, 6) is 0. The Morgan fingerprint density at radius 2 is 0.649 bits per heavy atom. The predicted octanol–water partition coefficient (Wildman–Crippen LogP) is 15.3. The minimum atomic E-state index is -4.39. The Balaban J connectivity index is 1.10. The van der Waals surface area contributed by atoms with Gasteiger partial charge in [0.1, 0.15) is 0 Å². The van der Waals surface area contributed by atoms with Crippen LogP contribution in [0.3, 0.4) is 0 Å². The summed E-state index contributed by atoms with van der Waals surface area (Å²) in [4.78, 5) is 0. The zero-order valence-corrected chi connectivity index (χ0v) is 32.2. The molecule has 270 valence electrons. The number of alkyl halides is 3. The molecule has 0 aliphatic rings. The Morgan fingerprint density at radius 1 is 0.281 bits per heavy atom. The number of rotatable bonds is 4. The molecule has 10 aromatic carbocycles. The Hall–Kier alpha value is -6.45. The van der Waals surface area contributed by atoms with E-state index in [4.69, 9.17) is 0 Å². The van der Waals surface area contributed by atoms with E-state index in [0.29, 0.717) is 0 Å². The van der Waals surface area contributed by atoms with Gasteiger partial charge in [0.05, 0.1) is 0 Å². The first-order valence-electron chi connectivity index (χ1n) is 19.0. The summed E-state index contributed by atoms with van der Waals surface area (Å²) >= 11 is 0.130. The second kappa shape index (κ2) is 13.1. The zero-order valence-electron chi connectivity index (χ0n) is 30.4. The van der Waals surface area contributed by atoms with E-state index < -0.39 is 11.7 Å². The summed E-state index contributed by atoms with van der Waals surface area (Å²) in [7, 11) is 0. The minimum absolute atomic E-state index is 0.130. The molecule has 0 N–H and O–H groups in total. The van der Waals surface area contributed by atoms with Crippen LogP contribution in [0.15, 0.2) is 188 Å². The van der Waals surface area contributed by atoms with Crippen LogP contribution in [0.5, 0.6) is 0 Å². The number of hydrogen-bond donors (Lipinski definition) is 0. The molecule has 0 unspecified atom stereocenters. The molecule has 0 radical (unpaired) electrons. The summed E-state index contributed by atoms with van der Waals surface area (Å²) < 4.78 is 43.3. The van der Waals surface area contributed by atoms with Crippen LogP contribution in [-0.4, -0.2) is 14.5 Å². The van der Waals surface area contributed by atoms with Gasteiger partial charge in [0, 0.05) is 0 Å². The number of fused-ring (bicyclic) bond motifs is 7. The second-order valence-corrected chi connectivity index (χ2v) is 16.9. The average Bonchev–Trinajstić information content (AvgIpc) is 3.62. The van der Waals surface area contributed by atoms with Crippen molar-refractivity contribution in [3.63, 3.8) is 0 Å². The molecule has 0 fully saturated rings. The van der Waals surface area contributed by atoms with Gasteiger partial charge >= 0.3 is 321 Å². The second-order valence-electron chi connectivity index (χ2n) is 14.6. The van der Waals surface area contributed by atoms with Crippen molar-refractivity contribution >= 4 is 76.9 Å². The first-order valence-corrected chi connectivity index (χ1v) is 20.7. The normalized spacial score (nSPS) is 12.1. The van der Waals surface area contributed by atoms with Gasteiger partial charge in [-0.25, -0.2) is 0 Å². The third kappa shape index (κ3) is 5.44. The Bertz CT molecular complexity index is 3260. The summed E-state index contributed by atoms with van der Waals surface area (Å²) in [5.41, 5.74) is 8.30. The average molecular weight is 804 g/mol. The first-order chi connectivity index (χ1) is 27.9. The van der Waals surface area contributed by atoms with Crippen LogP contribution in [0.25, 0.3) is 107 Å². The van der Waals surface area contributed by atoms with E-state index in [9.17, 15) is 13.2 Å². The van der Waals surface area contributed by atoms with Crippen LogP contribution in [0.1, 0.15) is 5.56 Å². The fraction of sp³-hybridized carbons (Fsp3) is 0.0189. The number of benzene rings is 10. The van der Waals surface area contributed by atoms with Crippen LogP contribution >= 0.6 is 0 Å². The third-order valence-electron chi connectivity index (χ3n) is 11.5. The molecule has 1 aromatic heterocycles. The van der Waals surface area contributed by atoms with Gasteiger partial charge in [0.25, 0.3) is 0 Å². The van der Waals surface area contributed by atoms with Gasteiger partial charge in [-0.3, -0.25) is 0 Å². The van der Waals surface area contributed by atoms with Gasteiger partial charge in [0.15, 0.2) is 0 Å². The Morgan fingerprint density at radius 3 is 1.11 bits per heavy atom. The molecule has 11 aromatic rings. The monoisotopic (exact) mass is 804 g/mol. The van der Waals surface area contributed by atoms with E-state index in [1.165, 1.54) is 75.2 Å². The van der Waals surface area contributed by atoms with Crippen LogP contribution in [0, 0.1) is 0 Å². The molecule has 11 rings (SSSR count). The van der Waals surface area contributed by atoms with E-state index in [-0.39, 0.29) is 14.5 Å². The van der Waals surface area contributed by atoms with Crippen LogP contribution in [0.2, 0.25) is 0 Å². The molecule has 0 spiro atoms. The topological polar surface area (TPSA) is 0 Å². The molecule has 0 amide bonds. The molecule has 1 heterocycles. The molecular formula is C53H31F3Se. The maximum atomic E-state index is 13.5. The molecule has 0 saturated carbocycles. The molecule has 0 aliphatic heterocycles. The number of halogens is 3. The van der Waals surface area contributed by atoms with Crippen molar-refractivity contribution in [2.24, 2.45) is 0 Å². The zero-order chi connectivity index (χ0) is 38.3. The third-order valence-corrected chi connectivity index (χ3v) is 13.9. The van der Waals surface area contributed by atoms with Gasteiger partial charge in [-0.1, -0.05) is 0 Å². The maximum absolute atomic E-state index is 13.5. The van der Waals surface area contributed by atoms with E-state index in [0.717, 1.165) is 43.8 Å². The fourth-order valence-corrected chi connectivity index (χ4v) is 11.4. The molecule has 0 nitrogen and oxygen atoms in total. The van der Waals surface area contributed by atoms with Crippen molar-refractivity contribution in [1.29, 1.82) is 0 Å². The molecule has 4 heteroatoms. The van der Waals surface area contributed by atoms with Gasteiger partial charge in [-0.05, 0) is 0 Å². The predicted molar refractivity (Wildman–Crippen MR) is 235 cm³/mol. The molecule has 0 bridgehead atoms. The Labute approximate surface area is 332 Å². The van der Waals surface area contributed by atoms with E-state index >= 15 is 0 Å². The van der Waals surface area contributed by atoms with Crippen LogP contribution in [-0.2, 0) is 6.18 Å². The van der Waals surface area contributed by atoms with Crippen molar-refractivity contribution in [2.45, 2.75) is 6.18 Å². The molecular weight excluding hydrogens is 773 g/mol. The molecule has 0 atom stereocenters. The van der Waals surface area contributed by atoms with Gasteiger partial charge in [-0.2, -0.15) is 13.2 Å². The molecule has 57 heavy (non-hydrogen) atoms. The van der Waals surface area contributed by atoms with Gasteiger partial charge in [-0.15, -0.1) is 0 Å². The molecule has 0 saturated heterocycles. The van der Waals surface area contributed by atoms with Crippen LogP contribution < -0.4 is 0 Å². The van der Waals surface area contributed by atoms with Crippen molar-refractivity contribution < 1.29 is 13.2 Å². The van der Waals surface area contributed by atoms with Crippen molar-refractivity contribution in [2.75, 3.05) is 0 Å². The summed E-state index contributed by atoms with van der Waals surface area (Å²) in [6.45, 7) is 0.